The Hall–Kier alpha value is -1.46. The first kappa shape index (κ1) is 16.4. The van der Waals surface area contributed by atoms with Gasteiger partial charge in [-0.2, -0.15) is 0 Å². The van der Waals surface area contributed by atoms with Crippen LogP contribution in [-0.4, -0.2) is 11.5 Å². The van der Waals surface area contributed by atoms with Gasteiger partial charge in [-0.25, -0.2) is 4.36 Å². The van der Waals surface area contributed by atoms with Crippen molar-refractivity contribution < 1.29 is 4.79 Å². The monoisotopic (exact) mass is 390 g/mol. The molecule has 1 aliphatic heterocycles. The molecular weight excluding hydrogens is 372 g/mol. The Balaban J connectivity index is 2.01. The van der Waals surface area contributed by atoms with Gasteiger partial charge in [-0.15, -0.1) is 0 Å². The molecule has 0 bridgehead atoms. The van der Waals surface area contributed by atoms with Gasteiger partial charge in [-0.05, 0) is 40.7 Å². The lowest BCUT2D eigenvalue weighted by atomic mass is 10.0. The Morgan fingerprint density at radius 3 is 2.78 bits per heavy atom. The number of carbonyl (C=O) groups excluding carboxylic acids is 1. The largest absolute Gasteiger partial charge is 0.303 e. The van der Waals surface area contributed by atoms with E-state index in [1.807, 2.05) is 31.2 Å². The van der Waals surface area contributed by atoms with Crippen molar-refractivity contribution in [1.29, 1.82) is 0 Å². The zero-order chi connectivity index (χ0) is 16.4. The van der Waals surface area contributed by atoms with Gasteiger partial charge in [0.05, 0.1) is 12.2 Å². The molecule has 3 rings (SSSR count). The summed E-state index contributed by atoms with van der Waals surface area (Å²) in [5.41, 5.74) is 4.09. The molecule has 2 aromatic carbocycles. The lowest BCUT2D eigenvalue weighted by Crippen LogP contribution is -2.28. The van der Waals surface area contributed by atoms with Gasteiger partial charge >= 0.3 is 0 Å². The van der Waals surface area contributed by atoms with Gasteiger partial charge < -0.3 is 4.31 Å². The smallest absolute Gasteiger partial charge is 0.162 e. The van der Waals surface area contributed by atoms with E-state index < -0.39 is 0 Å². The van der Waals surface area contributed by atoms with Crippen LogP contribution in [-0.2, 0) is 17.4 Å². The lowest BCUT2D eigenvalue weighted by Gasteiger charge is -2.31. The molecule has 0 saturated carbocycles. The average molecular weight is 391 g/mol. The molecule has 5 heteroatoms. The second kappa shape index (κ2) is 6.97. The highest BCUT2D eigenvalue weighted by atomic mass is 79.9. The third kappa shape index (κ3) is 3.40. The average Bonchev–Trinajstić information content (AvgIpc) is 2.59. The Labute approximate surface area is 148 Å². The van der Waals surface area contributed by atoms with Crippen molar-refractivity contribution >= 4 is 44.0 Å². The van der Waals surface area contributed by atoms with Crippen LogP contribution < -0.4 is 4.31 Å². The molecule has 2 aromatic rings. The summed E-state index contributed by atoms with van der Waals surface area (Å²) in [5.74, 6) is 1.13. The molecule has 1 heterocycles. The molecule has 0 amide bonds. The summed E-state index contributed by atoms with van der Waals surface area (Å²) in [5, 5.41) is 0. The Morgan fingerprint density at radius 2 is 2.09 bits per heavy atom. The zero-order valence-corrected chi connectivity index (χ0v) is 15.7. The van der Waals surface area contributed by atoms with Crippen molar-refractivity contribution in [2.45, 2.75) is 26.8 Å². The van der Waals surface area contributed by atoms with Gasteiger partial charge in [-0.3, -0.25) is 4.79 Å². The van der Waals surface area contributed by atoms with E-state index in [4.69, 9.17) is 4.36 Å². The highest BCUT2D eigenvalue weighted by molar-refractivity contribution is 9.10. The van der Waals surface area contributed by atoms with Gasteiger partial charge in [0, 0.05) is 27.9 Å². The molecule has 0 aromatic heterocycles. The Bertz CT molecular complexity index is 788. The van der Waals surface area contributed by atoms with Gasteiger partial charge in [0.15, 0.2) is 5.78 Å². The number of fused-ring (bicyclic) bond motifs is 1. The lowest BCUT2D eigenvalue weighted by molar-refractivity contribution is 0.0988. The Morgan fingerprint density at radius 1 is 1.26 bits per heavy atom. The van der Waals surface area contributed by atoms with E-state index in [-0.39, 0.29) is 16.7 Å². The van der Waals surface area contributed by atoms with E-state index in [1.54, 1.807) is 0 Å². The van der Waals surface area contributed by atoms with Crippen LogP contribution in [0.3, 0.4) is 0 Å². The zero-order valence-electron chi connectivity index (χ0n) is 13.3. The van der Waals surface area contributed by atoms with Crippen LogP contribution in [0, 0.1) is 0 Å². The summed E-state index contributed by atoms with van der Waals surface area (Å²) < 4.78 is 8.33. The van der Waals surface area contributed by atoms with E-state index in [1.165, 1.54) is 11.3 Å². The maximum atomic E-state index is 11.9. The normalized spacial score (nSPS) is 16.7. The molecule has 0 saturated heterocycles. The molecule has 0 spiro atoms. The predicted octanol–water partition coefficient (Wildman–Crippen LogP) is 5.43. The third-order valence-electron chi connectivity index (χ3n) is 3.85. The van der Waals surface area contributed by atoms with Crippen LogP contribution in [0.15, 0.2) is 51.3 Å². The van der Waals surface area contributed by atoms with Crippen LogP contribution in [0.25, 0.3) is 0 Å². The molecule has 1 aliphatic rings. The number of rotatable bonds is 4. The van der Waals surface area contributed by atoms with E-state index in [0.717, 1.165) is 28.0 Å². The third-order valence-corrected chi connectivity index (χ3v) is 6.12. The second-order valence-corrected chi connectivity index (χ2v) is 8.15. The van der Waals surface area contributed by atoms with Crippen molar-refractivity contribution in [2.24, 2.45) is 4.36 Å². The van der Waals surface area contributed by atoms with E-state index >= 15 is 0 Å². The maximum absolute atomic E-state index is 11.9. The molecular formula is C18H19BrN2OS. The summed E-state index contributed by atoms with van der Waals surface area (Å²) in [6.45, 7) is 4.88. The summed E-state index contributed by atoms with van der Waals surface area (Å²) in [6, 6.07) is 14.3. The number of Topliss-reactive ketones (excluding diaryl/α,β-unsaturated/α-hetero) is 1. The fourth-order valence-corrected chi connectivity index (χ4v) is 4.59. The van der Waals surface area contributed by atoms with Crippen molar-refractivity contribution in [3.8, 4) is 0 Å². The topological polar surface area (TPSA) is 32.7 Å². The van der Waals surface area contributed by atoms with Gasteiger partial charge in [0.1, 0.15) is 0 Å². The number of ketones is 1. The summed E-state index contributed by atoms with van der Waals surface area (Å²) in [7, 11) is -0.207. The van der Waals surface area contributed by atoms with Crippen LogP contribution in [0.5, 0.6) is 0 Å². The van der Waals surface area contributed by atoms with Crippen molar-refractivity contribution in [1.82, 2.24) is 0 Å². The number of benzene rings is 2. The fourth-order valence-electron chi connectivity index (χ4n) is 2.62. The van der Waals surface area contributed by atoms with E-state index in [2.05, 4.69) is 45.4 Å². The quantitative estimate of drug-likeness (QED) is 0.651. The molecule has 0 fully saturated rings. The predicted molar refractivity (Wildman–Crippen MR) is 101 cm³/mol. The molecule has 1 unspecified atom stereocenters. The number of carbonyl (C=O) groups is 1. The maximum Gasteiger partial charge on any atom is 0.162 e. The first-order chi connectivity index (χ1) is 11.1. The van der Waals surface area contributed by atoms with Gasteiger partial charge in [0.25, 0.3) is 0 Å². The van der Waals surface area contributed by atoms with Gasteiger partial charge in [0.2, 0.25) is 0 Å². The van der Waals surface area contributed by atoms with Crippen LogP contribution >= 0.6 is 15.9 Å². The first-order valence-electron chi connectivity index (χ1n) is 7.74. The van der Waals surface area contributed by atoms with Crippen molar-refractivity contribution in [3.05, 3.63) is 58.1 Å². The minimum atomic E-state index is -0.207. The number of anilines is 1. The minimum absolute atomic E-state index is 0.175. The molecule has 0 radical (unpaired) electrons. The standard InChI is InChI=1S/C18H19BrN2OS/c1-3-18(22)13-8-9-14-12-21(16-7-5-6-15(19)11-16)23(4-2)20-17(14)10-13/h5-11H,3-4,12H2,1-2H3. The van der Waals surface area contributed by atoms with Crippen LogP contribution in [0.4, 0.5) is 11.4 Å². The molecule has 0 N–H and O–H groups in total. The first-order valence-corrected chi connectivity index (χ1v) is 9.84. The molecule has 23 heavy (non-hydrogen) atoms. The van der Waals surface area contributed by atoms with Crippen LogP contribution in [0.2, 0.25) is 0 Å². The number of hydrogen-bond acceptors (Lipinski definition) is 3. The fraction of sp³-hybridized carbons (Fsp3) is 0.278. The summed E-state index contributed by atoms with van der Waals surface area (Å²) in [6.07, 6.45) is 0.530. The summed E-state index contributed by atoms with van der Waals surface area (Å²) >= 11 is 3.54. The number of halogens is 1. The van der Waals surface area contributed by atoms with E-state index in [0.29, 0.717) is 6.42 Å². The Kier molecular flexibility index (Phi) is 4.97. The highest BCUT2D eigenvalue weighted by Gasteiger charge is 2.20. The van der Waals surface area contributed by atoms with Crippen molar-refractivity contribution in [3.63, 3.8) is 0 Å². The molecule has 3 nitrogen and oxygen atoms in total. The molecule has 0 aliphatic carbocycles. The van der Waals surface area contributed by atoms with Crippen molar-refractivity contribution in [2.75, 3.05) is 10.1 Å². The number of nitrogens with zero attached hydrogens (tertiary/aromatic N) is 2. The van der Waals surface area contributed by atoms with E-state index in [9.17, 15) is 4.79 Å². The highest BCUT2D eigenvalue weighted by Crippen LogP contribution is 2.33. The SMILES string of the molecule is CCC(=O)c1ccc2c(c1)N=S(CC)N(c1cccc(Br)c1)C2. The summed E-state index contributed by atoms with van der Waals surface area (Å²) in [4.78, 5) is 11.9. The minimum Gasteiger partial charge on any atom is -0.303 e. The second-order valence-electron chi connectivity index (χ2n) is 5.36. The number of hydrogen-bond donors (Lipinski definition) is 0. The molecule has 120 valence electrons. The van der Waals surface area contributed by atoms with Crippen LogP contribution in [0.1, 0.15) is 36.2 Å². The van der Waals surface area contributed by atoms with Gasteiger partial charge in [-0.1, -0.05) is 48.0 Å². The molecule has 1 atom stereocenters.